The van der Waals surface area contributed by atoms with Crippen molar-refractivity contribution in [3.8, 4) is 11.5 Å². The predicted molar refractivity (Wildman–Crippen MR) is 84.6 cm³/mol. The van der Waals surface area contributed by atoms with Crippen molar-refractivity contribution >= 4 is 28.8 Å². The first-order valence-corrected chi connectivity index (χ1v) is 6.85. The van der Waals surface area contributed by atoms with Crippen LogP contribution in [0.4, 0.5) is 4.39 Å². The molecule has 0 aliphatic carbocycles. The van der Waals surface area contributed by atoms with Crippen molar-refractivity contribution in [2.75, 3.05) is 7.11 Å². The van der Waals surface area contributed by atoms with Gasteiger partial charge in [-0.1, -0.05) is 36.0 Å². The Hall–Kier alpha value is -1.85. The number of nitrogens with two attached hydrogens (primary N) is 1. The van der Waals surface area contributed by atoms with Gasteiger partial charge in [0, 0.05) is 5.56 Å². The molecule has 0 fully saturated rings. The van der Waals surface area contributed by atoms with Crippen LogP contribution in [0.15, 0.2) is 36.4 Å². The predicted octanol–water partition coefficient (Wildman–Crippen LogP) is 3.70. The number of halogens is 2. The van der Waals surface area contributed by atoms with E-state index in [-0.39, 0.29) is 17.2 Å². The monoisotopic (exact) mass is 325 g/mol. The maximum Gasteiger partial charge on any atom is 0.171 e. The Kier molecular flexibility index (Phi) is 4.98. The van der Waals surface area contributed by atoms with Gasteiger partial charge < -0.3 is 15.2 Å². The standard InChI is InChI=1S/C15H13ClFNO2S/c1-19-13-7-2-4-9(15(18)21)14(13)20-8-10-11(16)5-3-6-12(10)17/h2-7H,8H2,1H3,(H2,18,21). The van der Waals surface area contributed by atoms with Crippen LogP contribution in [0.5, 0.6) is 11.5 Å². The molecule has 0 saturated carbocycles. The van der Waals surface area contributed by atoms with Crippen molar-refractivity contribution in [2.24, 2.45) is 5.73 Å². The van der Waals surface area contributed by atoms with E-state index in [4.69, 9.17) is 39.0 Å². The zero-order valence-electron chi connectivity index (χ0n) is 11.2. The molecule has 2 rings (SSSR count). The van der Waals surface area contributed by atoms with Crippen LogP contribution in [0.3, 0.4) is 0 Å². The van der Waals surface area contributed by atoms with Crippen molar-refractivity contribution in [1.29, 1.82) is 0 Å². The summed E-state index contributed by atoms with van der Waals surface area (Å²) in [6, 6.07) is 9.62. The highest BCUT2D eigenvalue weighted by Gasteiger charge is 2.15. The quantitative estimate of drug-likeness (QED) is 0.851. The summed E-state index contributed by atoms with van der Waals surface area (Å²) in [6.45, 7) is -0.0541. The van der Waals surface area contributed by atoms with E-state index < -0.39 is 5.82 Å². The van der Waals surface area contributed by atoms with E-state index in [2.05, 4.69) is 0 Å². The number of hydrogen-bond donors (Lipinski definition) is 1. The molecule has 21 heavy (non-hydrogen) atoms. The summed E-state index contributed by atoms with van der Waals surface area (Å²) in [5, 5.41) is 0.293. The molecule has 0 bridgehead atoms. The van der Waals surface area contributed by atoms with Gasteiger partial charge >= 0.3 is 0 Å². The first-order chi connectivity index (χ1) is 10.0. The van der Waals surface area contributed by atoms with Crippen LogP contribution >= 0.6 is 23.8 Å². The number of benzene rings is 2. The Morgan fingerprint density at radius 1 is 1.29 bits per heavy atom. The third-order valence-electron chi connectivity index (χ3n) is 2.89. The number of methoxy groups -OCH3 is 1. The summed E-state index contributed by atoms with van der Waals surface area (Å²) in [4.78, 5) is 0.170. The molecule has 0 aliphatic rings. The number of rotatable bonds is 5. The average Bonchev–Trinajstić information content (AvgIpc) is 2.46. The molecule has 3 nitrogen and oxygen atoms in total. The lowest BCUT2D eigenvalue weighted by Crippen LogP contribution is -2.12. The van der Waals surface area contributed by atoms with Crippen molar-refractivity contribution in [3.63, 3.8) is 0 Å². The van der Waals surface area contributed by atoms with E-state index in [1.54, 1.807) is 24.3 Å². The van der Waals surface area contributed by atoms with Gasteiger partial charge in [0.2, 0.25) is 0 Å². The van der Waals surface area contributed by atoms with Gasteiger partial charge in [0.05, 0.1) is 17.7 Å². The van der Waals surface area contributed by atoms with Crippen LogP contribution in [0, 0.1) is 5.82 Å². The molecule has 2 N–H and O–H groups in total. The van der Waals surface area contributed by atoms with Crippen molar-refractivity contribution < 1.29 is 13.9 Å². The molecule has 0 atom stereocenters. The second kappa shape index (κ2) is 6.74. The molecular weight excluding hydrogens is 313 g/mol. The maximum absolute atomic E-state index is 13.7. The fourth-order valence-corrected chi connectivity index (χ4v) is 2.21. The smallest absolute Gasteiger partial charge is 0.171 e. The van der Waals surface area contributed by atoms with Gasteiger partial charge in [0.1, 0.15) is 17.4 Å². The first-order valence-electron chi connectivity index (χ1n) is 6.07. The van der Waals surface area contributed by atoms with Crippen LogP contribution in [0.25, 0.3) is 0 Å². The number of ether oxygens (including phenoxy) is 2. The van der Waals surface area contributed by atoms with E-state index in [0.29, 0.717) is 22.1 Å². The zero-order valence-corrected chi connectivity index (χ0v) is 12.8. The van der Waals surface area contributed by atoms with Crippen LogP contribution in [0.1, 0.15) is 11.1 Å². The van der Waals surface area contributed by atoms with Gasteiger partial charge in [-0.05, 0) is 24.3 Å². The van der Waals surface area contributed by atoms with Crippen molar-refractivity contribution in [1.82, 2.24) is 0 Å². The molecule has 2 aromatic rings. The van der Waals surface area contributed by atoms with Gasteiger partial charge in [-0.25, -0.2) is 4.39 Å². The average molecular weight is 326 g/mol. The van der Waals surface area contributed by atoms with Gasteiger partial charge in [-0.3, -0.25) is 0 Å². The molecule has 0 spiro atoms. The summed E-state index contributed by atoms with van der Waals surface area (Å²) in [7, 11) is 1.50. The van der Waals surface area contributed by atoms with E-state index in [1.165, 1.54) is 19.2 Å². The summed E-state index contributed by atoms with van der Waals surface area (Å²) in [5.74, 6) is 0.397. The van der Waals surface area contributed by atoms with Crippen molar-refractivity contribution in [3.05, 3.63) is 58.4 Å². The van der Waals surface area contributed by atoms with Gasteiger partial charge in [-0.15, -0.1) is 0 Å². The molecule has 0 aromatic heterocycles. The van der Waals surface area contributed by atoms with Crippen LogP contribution < -0.4 is 15.2 Å². The van der Waals surface area contributed by atoms with Crippen molar-refractivity contribution in [2.45, 2.75) is 6.61 Å². The third-order valence-corrected chi connectivity index (χ3v) is 3.46. The molecule has 110 valence electrons. The maximum atomic E-state index is 13.7. The van der Waals surface area contributed by atoms with Crippen LogP contribution in [0.2, 0.25) is 5.02 Å². The third kappa shape index (κ3) is 3.43. The Bertz CT molecular complexity index is 658. The van der Waals surface area contributed by atoms with E-state index in [1.807, 2.05) is 0 Å². The Labute approximate surface area is 132 Å². The molecule has 0 unspecified atom stereocenters. The van der Waals surface area contributed by atoms with Gasteiger partial charge in [-0.2, -0.15) is 0 Å². The minimum absolute atomic E-state index is 0.0541. The first kappa shape index (κ1) is 15.5. The second-order valence-corrected chi connectivity index (χ2v) is 5.04. The topological polar surface area (TPSA) is 44.5 Å². The molecule has 6 heteroatoms. The number of thiocarbonyl (C=S) groups is 1. The molecule has 0 radical (unpaired) electrons. The molecule has 0 aliphatic heterocycles. The van der Waals surface area contributed by atoms with Gasteiger partial charge in [0.15, 0.2) is 11.5 Å². The highest BCUT2D eigenvalue weighted by Crippen LogP contribution is 2.32. The number of hydrogen-bond acceptors (Lipinski definition) is 3. The summed E-state index contributed by atoms with van der Waals surface area (Å²) in [6.07, 6.45) is 0. The van der Waals surface area contributed by atoms with E-state index >= 15 is 0 Å². The summed E-state index contributed by atoms with van der Waals surface area (Å²) < 4.78 is 24.6. The molecule has 0 amide bonds. The number of para-hydroxylation sites is 1. The zero-order chi connectivity index (χ0) is 15.4. The normalized spacial score (nSPS) is 10.2. The Balaban J connectivity index is 2.33. The van der Waals surface area contributed by atoms with Crippen LogP contribution in [-0.4, -0.2) is 12.1 Å². The lowest BCUT2D eigenvalue weighted by atomic mass is 10.1. The Morgan fingerprint density at radius 2 is 2.00 bits per heavy atom. The SMILES string of the molecule is COc1cccc(C(N)=S)c1OCc1c(F)cccc1Cl. The highest BCUT2D eigenvalue weighted by molar-refractivity contribution is 7.80. The highest BCUT2D eigenvalue weighted by atomic mass is 35.5. The summed E-state index contributed by atoms with van der Waals surface area (Å²) in [5.41, 5.74) is 6.45. The second-order valence-electron chi connectivity index (χ2n) is 4.19. The largest absolute Gasteiger partial charge is 0.493 e. The van der Waals surface area contributed by atoms with Crippen LogP contribution in [-0.2, 0) is 6.61 Å². The molecule has 2 aromatic carbocycles. The minimum Gasteiger partial charge on any atom is -0.493 e. The fraction of sp³-hybridized carbons (Fsp3) is 0.133. The fourth-order valence-electron chi connectivity index (χ4n) is 1.83. The molecule has 0 saturated heterocycles. The van der Waals surface area contributed by atoms with Gasteiger partial charge in [0.25, 0.3) is 0 Å². The molecule has 0 heterocycles. The summed E-state index contributed by atoms with van der Waals surface area (Å²) >= 11 is 11.0. The lowest BCUT2D eigenvalue weighted by molar-refractivity contribution is 0.279. The van der Waals surface area contributed by atoms with E-state index in [0.717, 1.165) is 0 Å². The van der Waals surface area contributed by atoms with E-state index in [9.17, 15) is 4.39 Å². The molecular formula is C15H13ClFNO2S. The lowest BCUT2D eigenvalue weighted by Gasteiger charge is -2.15. The Morgan fingerprint density at radius 3 is 2.62 bits per heavy atom. The minimum atomic E-state index is -0.436.